The molecule has 0 fully saturated rings. The third-order valence-electron chi connectivity index (χ3n) is 2.47. The molecule has 0 saturated heterocycles. The molecule has 0 amide bonds. The van der Waals surface area contributed by atoms with Gasteiger partial charge in [0, 0.05) is 4.88 Å². The molecule has 0 aliphatic heterocycles. The second-order valence-electron chi connectivity index (χ2n) is 3.55. The fourth-order valence-corrected chi connectivity index (χ4v) is 3.29. The maximum atomic E-state index is 6.17. The quantitative estimate of drug-likeness (QED) is 0.615. The van der Waals surface area contributed by atoms with Gasteiger partial charge in [0.2, 0.25) is 0 Å². The van der Waals surface area contributed by atoms with Crippen LogP contribution in [0.4, 0.5) is 0 Å². The van der Waals surface area contributed by atoms with E-state index in [0.29, 0.717) is 0 Å². The molecule has 0 spiro atoms. The van der Waals surface area contributed by atoms with Crippen molar-refractivity contribution in [2.45, 2.75) is 31.1 Å². The summed E-state index contributed by atoms with van der Waals surface area (Å²) in [6.07, 6.45) is 6.82. The number of hydrogen-bond donors (Lipinski definition) is 0. The van der Waals surface area contributed by atoms with Gasteiger partial charge in [0.25, 0.3) is 0 Å². The van der Waals surface area contributed by atoms with Crippen LogP contribution in [0.3, 0.4) is 0 Å². The van der Waals surface area contributed by atoms with Gasteiger partial charge in [0.05, 0.1) is 10.4 Å². The van der Waals surface area contributed by atoms with Crippen LogP contribution in [0.1, 0.15) is 30.6 Å². The zero-order valence-corrected chi connectivity index (χ0v) is 10.1. The molecule has 1 aliphatic rings. The Bertz CT molecular complexity index is 341. The van der Waals surface area contributed by atoms with Gasteiger partial charge in [-0.25, -0.2) is 0 Å². The number of thiophene rings is 1. The minimum absolute atomic E-state index is 0.186. The summed E-state index contributed by atoms with van der Waals surface area (Å²) in [6.45, 7) is 0. The fourth-order valence-electron chi connectivity index (χ4n) is 1.75. The Kier molecular flexibility index (Phi) is 3.53. The smallest absolute Gasteiger partial charge is 0.0588 e. The van der Waals surface area contributed by atoms with Crippen molar-refractivity contribution >= 4 is 40.1 Å². The van der Waals surface area contributed by atoms with Crippen LogP contribution in [0.15, 0.2) is 17.5 Å². The molecule has 0 radical (unpaired) electrons. The van der Waals surface area contributed by atoms with E-state index in [9.17, 15) is 0 Å². The maximum Gasteiger partial charge on any atom is 0.0588 e. The van der Waals surface area contributed by atoms with E-state index >= 15 is 0 Å². The third-order valence-corrected chi connectivity index (χ3v) is 4.23. The van der Waals surface area contributed by atoms with Crippen LogP contribution in [0.2, 0.25) is 5.02 Å². The van der Waals surface area contributed by atoms with E-state index in [1.54, 1.807) is 11.3 Å². The number of allylic oxidation sites excluding steroid dienone is 2. The van der Waals surface area contributed by atoms with Gasteiger partial charge in [0.1, 0.15) is 0 Å². The molecule has 14 heavy (non-hydrogen) atoms. The molecule has 1 aromatic heterocycles. The minimum Gasteiger partial charge on any atom is -0.143 e. The van der Waals surface area contributed by atoms with Gasteiger partial charge in [-0.15, -0.1) is 22.9 Å². The van der Waals surface area contributed by atoms with E-state index in [1.165, 1.54) is 23.3 Å². The predicted octanol–water partition coefficient (Wildman–Crippen LogP) is 4.97. The molecule has 1 unspecified atom stereocenters. The summed E-state index contributed by atoms with van der Waals surface area (Å²) in [5, 5.41) is 3.09. The van der Waals surface area contributed by atoms with Crippen molar-refractivity contribution in [2.75, 3.05) is 0 Å². The lowest BCUT2D eigenvalue weighted by molar-refractivity contribution is 0.724. The van der Waals surface area contributed by atoms with E-state index in [-0.39, 0.29) is 5.38 Å². The SMILES string of the molecule is Clc1ccsc1C1=CC(Cl)CCCC1. The molecule has 3 heteroatoms. The average Bonchev–Trinajstić information content (AvgIpc) is 2.45. The number of alkyl halides is 1. The largest absolute Gasteiger partial charge is 0.143 e. The third kappa shape index (κ3) is 2.33. The zero-order chi connectivity index (χ0) is 9.97. The Labute approximate surface area is 98.5 Å². The van der Waals surface area contributed by atoms with E-state index in [2.05, 4.69) is 6.08 Å². The first kappa shape index (κ1) is 10.5. The number of rotatable bonds is 1. The lowest BCUT2D eigenvalue weighted by atomic mass is 10.1. The summed E-state index contributed by atoms with van der Waals surface area (Å²) in [4.78, 5) is 1.21. The van der Waals surface area contributed by atoms with E-state index in [4.69, 9.17) is 23.2 Å². The summed E-state index contributed by atoms with van der Waals surface area (Å²) < 4.78 is 0. The van der Waals surface area contributed by atoms with Crippen molar-refractivity contribution in [3.8, 4) is 0 Å². The maximum absolute atomic E-state index is 6.17. The molecular formula is C11H12Cl2S. The number of hydrogen-bond acceptors (Lipinski definition) is 1. The number of halogens is 2. The van der Waals surface area contributed by atoms with E-state index in [1.807, 2.05) is 11.4 Å². The van der Waals surface area contributed by atoms with Crippen LogP contribution in [0.5, 0.6) is 0 Å². The van der Waals surface area contributed by atoms with Gasteiger partial charge in [0.15, 0.2) is 0 Å². The highest BCUT2D eigenvalue weighted by Gasteiger charge is 2.13. The molecule has 1 heterocycles. The van der Waals surface area contributed by atoms with E-state index < -0.39 is 0 Å². The average molecular weight is 247 g/mol. The zero-order valence-electron chi connectivity index (χ0n) is 7.80. The highest BCUT2D eigenvalue weighted by atomic mass is 35.5. The Hall–Kier alpha value is 0.0200. The van der Waals surface area contributed by atoms with Crippen LogP contribution in [0, 0.1) is 0 Å². The van der Waals surface area contributed by atoms with Crippen molar-refractivity contribution in [1.29, 1.82) is 0 Å². The molecule has 2 rings (SSSR count). The molecule has 1 aromatic rings. The first-order chi connectivity index (χ1) is 6.77. The molecular weight excluding hydrogens is 235 g/mol. The Morgan fingerprint density at radius 2 is 2.21 bits per heavy atom. The first-order valence-electron chi connectivity index (χ1n) is 4.85. The standard InChI is InChI=1S/C11H12Cl2S/c12-9-4-2-1-3-8(7-9)11-10(13)5-6-14-11/h5-7,9H,1-4H2. The van der Waals surface area contributed by atoms with Gasteiger partial charge in [-0.3, -0.25) is 0 Å². The van der Waals surface area contributed by atoms with Gasteiger partial charge in [-0.2, -0.15) is 0 Å². The molecule has 0 saturated carbocycles. The van der Waals surface area contributed by atoms with Crippen LogP contribution in [-0.4, -0.2) is 5.38 Å². The van der Waals surface area contributed by atoms with Crippen molar-refractivity contribution in [3.63, 3.8) is 0 Å². The van der Waals surface area contributed by atoms with Crippen molar-refractivity contribution in [3.05, 3.63) is 27.4 Å². The highest BCUT2D eigenvalue weighted by molar-refractivity contribution is 7.11. The van der Waals surface area contributed by atoms with Crippen LogP contribution < -0.4 is 0 Å². The van der Waals surface area contributed by atoms with Gasteiger partial charge in [-0.05, 0) is 36.3 Å². The Balaban J connectivity index is 2.28. The summed E-state index contributed by atoms with van der Waals surface area (Å²) in [5.41, 5.74) is 1.34. The lowest BCUT2D eigenvalue weighted by Gasteiger charge is -2.03. The molecule has 0 bridgehead atoms. The van der Waals surface area contributed by atoms with Gasteiger partial charge < -0.3 is 0 Å². The van der Waals surface area contributed by atoms with Crippen LogP contribution in [0.25, 0.3) is 5.57 Å². The topological polar surface area (TPSA) is 0 Å². The second-order valence-corrected chi connectivity index (χ2v) is 5.44. The van der Waals surface area contributed by atoms with Crippen molar-refractivity contribution in [1.82, 2.24) is 0 Å². The predicted molar refractivity (Wildman–Crippen MR) is 65.4 cm³/mol. The summed E-state index contributed by atoms with van der Waals surface area (Å²) in [7, 11) is 0. The first-order valence-corrected chi connectivity index (χ1v) is 6.55. The van der Waals surface area contributed by atoms with Crippen LogP contribution >= 0.6 is 34.5 Å². The monoisotopic (exact) mass is 246 g/mol. The van der Waals surface area contributed by atoms with Crippen molar-refractivity contribution in [2.24, 2.45) is 0 Å². The molecule has 0 N–H and O–H groups in total. The molecule has 0 nitrogen and oxygen atoms in total. The fraction of sp³-hybridized carbons (Fsp3) is 0.455. The van der Waals surface area contributed by atoms with Gasteiger partial charge in [-0.1, -0.05) is 24.1 Å². The highest BCUT2D eigenvalue weighted by Crippen LogP contribution is 2.35. The molecule has 1 atom stereocenters. The van der Waals surface area contributed by atoms with Crippen molar-refractivity contribution < 1.29 is 0 Å². The lowest BCUT2D eigenvalue weighted by Crippen LogP contribution is -1.90. The minimum atomic E-state index is 0.186. The second kappa shape index (κ2) is 4.69. The summed E-state index contributed by atoms with van der Waals surface area (Å²) >= 11 is 14.0. The Morgan fingerprint density at radius 1 is 1.36 bits per heavy atom. The molecule has 0 aromatic carbocycles. The van der Waals surface area contributed by atoms with Crippen LogP contribution in [-0.2, 0) is 0 Å². The summed E-state index contributed by atoms with van der Waals surface area (Å²) in [5.74, 6) is 0. The summed E-state index contributed by atoms with van der Waals surface area (Å²) in [6, 6.07) is 1.95. The van der Waals surface area contributed by atoms with E-state index in [0.717, 1.165) is 17.9 Å². The normalized spacial score (nSPS) is 23.0. The molecule has 1 aliphatic carbocycles. The van der Waals surface area contributed by atoms with Gasteiger partial charge >= 0.3 is 0 Å². The Morgan fingerprint density at radius 3 is 2.93 bits per heavy atom. The molecule has 76 valence electrons.